The second-order valence-electron chi connectivity index (χ2n) is 4.99. The summed E-state index contributed by atoms with van der Waals surface area (Å²) in [5.41, 5.74) is 1.69. The minimum Gasteiger partial charge on any atom is -0.292 e. The van der Waals surface area contributed by atoms with Gasteiger partial charge in [-0.15, -0.1) is 0 Å². The molecular weight excluding hydrogens is 198 g/mol. The van der Waals surface area contributed by atoms with E-state index in [-0.39, 0.29) is 11.7 Å². The standard InChI is InChI=1S/C14H19NO/c1-10-5-7-12(8-6-10)14(16)13-11(2)4-3-9-15-13/h3-4,9-10,12H,5-8H2,1-2H3. The third kappa shape index (κ3) is 2.31. The van der Waals surface area contributed by atoms with Crippen molar-refractivity contribution >= 4 is 5.78 Å². The predicted octanol–water partition coefficient (Wildman–Crippen LogP) is 3.40. The molecule has 1 aromatic heterocycles. The zero-order chi connectivity index (χ0) is 11.5. The predicted molar refractivity (Wildman–Crippen MR) is 64.4 cm³/mol. The molecule has 2 heteroatoms. The van der Waals surface area contributed by atoms with Crippen molar-refractivity contribution in [3.8, 4) is 0 Å². The number of carbonyl (C=O) groups excluding carboxylic acids is 1. The summed E-state index contributed by atoms with van der Waals surface area (Å²) in [5.74, 6) is 1.25. The monoisotopic (exact) mass is 217 g/mol. The molecule has 1 heterocycles. The molecule has 0 N–H and O–H groups in total. The maximum Gasteiger partial charge on any atom is 0.184 e. The summed E-state index contributed by atoms with van der Waals surface area (Å²) < 4.78 is 0. The molecule has 0 radical (unpaired) electrons. The van der Waals surface area contributed by atoms with Crippen LogP contribution in [0.4, 0.5) is 0 Å². The molecule has 86 valence electrons. The Labute approximate surface area is 97.1 Å². The zero-order valence-electron chi connectivity index (χ0n) is 10.1. The van der Waals surface area contributed by atoms with Crippen LogP contribution in [0.25, 0.3) is 0 Å². The summed E-state index contributed by atoms with van der Waals surface area (Å²) in [6, 6.07) is 3.85. The molecule has 1 aliphatic rings. The second kappa shape index (κ2) is 4.77. The Balaban J connectivity index is 2.11. The van der Waals surface area contributed by atoms with Gasteiger partial charge < -0.3 is 0 Å². The number of ketones is 1. The second-order valence-corrected chi connectivity index (χ2v) is 4.99. The van der Waals surface area contributed by atoms with Crippen molar-refractivity contribution < 1.29 is 4.79 Å². The van der Waals surface area contributed by atoms with Crippen LogP contribution >= 0.6 is 0 Å². The van der Waals surface area contributed by atoms with Gasteiger partial charge in [0.05, 0.1) is 0 Å². The van der Waals surface area contributed by atoms with Gasteiger partial charge in [0.25, 0.3) is 0 Å². The Bertz CT molecular complexity index is 378. The molecule has 1 saturated carbocycles. The number of Topliss-reactive ketones (excluding diaryl/α,β-unsaturated/α-hetero) is 1. The van der Waals surface area contributed by atoms with Crippen LogP contribution in [0.1, 0.15) is 48.7 Å². The summed E-state index contributed by atoms with van der Waals surface area (Å²) >= 11 is 0. The van der Waals surface area contributed by atoms with E-state index >= 15 is 0 Å². The highest BCUT2D eigenvalue weighted by atomic mass is 16.1. The van der Waals surface area contributed by atoms with Crippen molar-refractivity contribution in [2.24, 2.45) is 11.8 Å². The maximum absolute atomic E-state index is 12.3. The number of nitrogens with zero attached hydrogens (tertiary/aromatic N) is 1. The Morgan fingerprint density at radius 1 is 1.31 bits per heavy atom. The highest BCUT2D eigenvalue weighted by molar-refractivity contribution is 5.97. The molecule has 0 aromatic carbocycles. The molecule has 0 atom stereocenters. The molecule has 0 unspecified atom stereocenters. The van der Waals surface area contributed by atoms with E-state index < -0.39 is 0 Å². The van der Waals surface area contributed by atoms with E-state index in [0.717, 1.165) is 24.3 Å². The molecule has 0 spiro atoms. The highest BCUT2D eigenvalue weighted by Gasteiger charge is 2.26. The van der Waals surface area contributed by atoms with Gasteiger partial charge in [0, 0.05) is 12.1 Å². The number of pyridine rings is 1. The normalized spacial score (nSPS) is 25.4. The first-order chi connectivity index (χ1) is 7.68. The Morgan fingerprint density at radius 3 is 2.62 bits per heavy atom. The largest absolute Gasteiger partial charge is 0.292 e. The van der Waals surface area contributed by atoms with Gasteiger partial charge in [-0.25, -0.2) is 0 Å². The van der Waals surface area contributed by atoms with Gasteiger partial charge in [-0.1, -0.05) is 25.8 Å². The highest BCUT2D eigenvalue weighted by Crippen LogP contribution is 2.30. The number of hydrogen-bond donors (Lipinski definition) is 0. The molecule has 0 amide bonds. The third-order valence-electron chi connectivity index (χ3n) is 3.63. The first kappa shape index (κ1) is 11.3. The maximum atomic E-state index is 12.3. The van der Waals surface area contributed by atoms with Gasteiger partial charge in [0.1, 0.15) is 5.69 Å². The average Bonchev–Trinajstić information content (AvgIpc) is 2.30. The fourth-order valence-electron chi connectivity index (χ4n) is 2.46. The van der Waals surface area contributed by atoms with Crippen LogP contribution in [0.3, 0.4) is 0 Å². The van der Waals surface area contributed by atoms with Crippen LogP contribution in [0, 0.1) is 18.8 Å². The first-order valence-electron chi connectivity index (χ1n) is 6.14. The lowest BCUT2D eigenvalue weighted by atomic mass is 9.80. The minimum atomic E-state index is 0.213. The van der Waals surface area contributed by atoms with Gasteiger partial charge in [0.2, 0.25) is 0 Å². The molecule has 1 fully saturated rings. The summed E-state index contributed by atoms with van der Waals surface area (Å²) in [6.45, 7) is 4.23. The van der Waals surface area contributed by atoms with Crippen molar-refractivity contribution in [2.75, 3.05) is 0 Å². The lowest BCUT2D eigenvalue weighted by molar-refractivity contribution is 0.0869. The molecule has 1 aliphatic carbocycles. The quantitative estimate of drug-likeness (QED) is 0.711. The van der Waals surface area contributed by atoms with Gasteiger partial charge >= 0.3 is 0 Å². The summed E-state index contributed by atoms with van der Waals surface area (Å²) in [4.78, 5) is 16.5. The first-order valence-corrected chi connectivity index (χ1v) is 6.14. The van der Waals surface area contributed by atoms with E-state index in [1.165, 1.54) is 12.8 Å². The molecule has 2 rings (SSSR count). The fraction of sp³-hybridized carbons (Fsp3) is 0.571. The zero-order valence-corrected chi connectivity index (χ0v) is 10.1. The minimum absolute atomic E-state index is 0.213. The SMILES string of the molecule is Cc1cccnc1C(=O)C1CCC(C)CC1. The van der Waals surface area contributed by atoms with Crippen molar-refractivity contribution in [2.45, 2.75) is 39.5 Å². The molecule has 16 heavy (non-hydrogen) atoms. The van der Waals surface area contributed by atoms with Crippen molar-refractivity contribution in [1.82, 2.24) is 4.98 Å². The molecule has 0 bridgehead atoms. The van der Waals surface area contributed by atoms with Gasteiger partial charge in [-0.2, -0.15) is 0 Å². The van der Waals surface area contributed by atoms with Crippen LogP contribution in [0.2, 0.25) is 0 Å². The number of rotatable bonds is 2. The van der Waals surface area contributed by atoms with Crippen LogP contribution in [-0.2, 0) is 0 Å². The average molecular weight is 217 g/mol. The smallest absolute Gasteiger partial charge is 0.184 e. The van der Waals surface area contributed by atoms with E-state index in [1.54, 1.807) is 6.20 Å². The Morgan fingerprint density at radius 2 is 2.00 bits per heavy atom. The van der Waals surface area contributed by atoms with E-state index in [9.17, 15) is 4.79 Å². The van der Waals surface area contributed by atoms with Crippen LogP contribution in [-0.4, -0.2) is 10.8 Å². The van der Waals surface area contributed by atoms with Crippen LogP contribution in [0.15, 0.2) is 18.3 Å². The topological polar surface area (TPSA) is 30.0 Å². The van der Waals surface area contributed by atoms with Gasteiger partial charge in [-0.3, -0.25) is 9.78 Å². The number of aromatic nitrogens is 1. The van der Waals surface area contributed by atoms with Crippen molar-refractivity contribution in [3.05, 3.63) is 29.6 Å². The molecule has 0 saturated heterocycles. The van der Waals surface area contributed by atoms with E-state index in [2.05, 4.69) is 11.9 Å². The lowest BCUT2D eigenvalue weighted by Gasteiger charge is -2.25. The number of carbonyl (C=O) groups is 1. The summed E-state index contributed by atoms with van der Waals surface area (Å²) in [6.07, 6.45) is 6.16. The van der Waals surface area contributed by atoms with E-state index in [4.69, 9.17) is 0 Å². The number of hydrogen-bond acceptors (Lipinski definition) is 2. The van der Waals surface area contributed by atoms with Crippen LogP contribution < -0.4 is 0 Å². The lowest BCUT2D eigenvalue weighted by Crippen LogP contribution is -2.22. The number of aryl methyl sites for hydroxylation is 1. The Hall–Kier alpha value is -1.18. The van der Waals surface area contributed by atoms with E-state index in [0.29, 0.717) is 5.69 Å². The summed E-state index contributed by atoms with van der Waals surface area (Å²) in [7, 11) is 0. The third-order valence-corrected chi connectivity index (χ3v) is 3.63. The summed E-state index contributed by atoms with van der Waals surface area (Å²) in [5, 5.41) is 0. The Kier molecular flexibility index (Phi) is 3.37. The van der Waals surface area contributed by atoms with Crippen LogP contribution in [0.5, 0.6) is 0 Å². The van der Waals surface area contributed by atoms with E-state index in [1.807, 2.05) is 19.1 Å². The van der Waals surface area contributed by atoms with Crippen molar-refractivity contribution in [3.63, 3.8) is 0 Å². The molecule has 2 nitrogen and oxygen atoms in total. The molecule has 1 aromatic rings. The molecule has 0 aliphatic heterocycles. The fourth-order valence-corrected chi connectivity index (χ4v) is 2.46. The molecular formula is C14H19NO. The van der Waals surface area contributed by atoms with Crippen molar-refractivity contribution in [1.29, 1.82) is 0 Å². The van der Waals surface area contributed by atoms with Gasteiger partial charge in [-0.05, 0) is 37.3 Å². The van der Waals surface area contributed by atoms with Gasteiger partial charge in [0.15, 0.2) is 5.78 Å².